The molecule has 0 aliphatic carbocycles. The summed E-state index contributed by atoms with van der Waals surface area (Å²) in [6, 6.07) is 3.48. The third-order valence-corrected chi connectivity index (χ3v) is 2.74. The molecule has 0 saturated carbocycles. The van der Waals surface area contributed by atoms with Crippen LogP contribution in [-0.2, 0) is 0 Å². The Balaban J connectivity index is 2.67. The molecule has 0 aliphatic heterocycles. The Bertz CT molecular complexity index is 572. The third kappa shape index (κ3) is 2.31. The van der Waals surface area contributed by atoms with E-state index in [0.29, 0.717) is 11.1 Å². The summed E-state index contributed by atoms with van der Waals surface area (Å²) in [7, 11) is 0. The molecule has 5 heteroatoms. The first-order chi connectivity index (χ1) is 7.99. The lowest BCUT2D eigenvalue weighted by molar-refractivity contribution is -0.0501. The molecule has 0 aliphatic rings. The van der Waals surface area contributed by atoms with E-state index in [-0.39, 0.29) is 10.8 Å². The van der Waals surface area contributed by atoms with Crippen LogP contribution in [0.25, 0.3) is 10.9 Å². The average Bonchev–Trinajstić information content (AvgIpc) is 2.23. The second-order valence-corrected chi connectivity index (χ2v) is 4.18. The molecule has 0 radical (unpaired) electrons. The Morgan fingerprint density at radius 3 is 2.65 bits per heavy atom. The normalized spacial score (nSPS) is 11.2. The summed E-state index contributed by atoms with van der Waals surface area (Å²) >= 11 is 5.92. The van der Waals surface area contributed by atoms with E-state index < -0.39 is 6.61 Å². The van der Waals surface area contributed by atoms with Crippen molar-refractivity contribution in [2.75, 3.05) is 0 Å². The number of halogens is 3. The van der Waals surface area contributed by atoms with Crippen molar-refractivity contribution in [1.29, 1.82) is 0 Å². The molecule has 0 fully saturated rings. The van der Waals surface area contributed by atoms with Gasteiger partial charge in [-0.05, 0) is 31.5 Å². The SMILES string of the molecule is Cc1cnc2c(C)c(OC(F)F)c(Cl)cc2c1. The van der Waals surface area contributed by atoms with Crippen LogP contribution in [0.3, 0.4) is 0 Å². The minimum atomic E-state index is -2.89. The van der Waals surface area contributed by atoms with Crippen molar-refractivity contribution in [2.45, 2.75) is 20.5 Å². The van der Waals surface area contributed by atoms with Crippen molar-refractivity contribution >= 4 is 22.5 Å². The highest BCUT2D eigenvalue weighted by Gasteiger charge is 2.15. The molecule has 1 heterocycles. The number of aromatic nitrogens is 1. The number of hydrogen-bond donors (Lipinski definition) is 0. The zero-order valence-corrected chi connectivity index (χ0v) is 10.1. The maximum absolute atomic E-state index is 12.2. The van der Waals surface area contributed by atoms with Gasteiger partial charge in [-0.15, -0.1) is 0 Å². The average molecular weight is 258 g/mol. The van der Waals surface area contributed by atoms with Gasteiger partial charge in [0.05, 0.1) is 10.5 Å². The van der Waals surface area contributed by atoms with Crippen LogP contribution in [0.1, 0.15) is 11.1 Å². The van der Waals surface area contributed by atoms with Gasteiger partial charge in [-0.25, -0.2) is 0 Å². The van der Waals surface area contributed by atoms with Crippen molar-refractivity contribution < 1.29 is 13.5 Å². The molecule has 1 aromatic heterocycles. The van der Waals surface area contributed by atoms with E-state index in [1.807, 2.05) is 13.0 Å². The van der Waals surface area contributed by atoms with Crippen molar-refractivity contribution in [1.82, 2.24) is 4.98 Å². The maximum Gasteiger partial charge on any atom is 0.387 e. The summed E-state index contributed by atoms with van der Waals surface area (Å²) in [6.45, 7) is 0.669. The maximum atomic E-state index is 12.2. The lowest BCUT2D eigenvalue weighted by atomic mass is 10.1. The van der Waals surface area contributed by atoms with Crippen LogP contribution in [0, 0.1) is 13.8 Å². The van der Waals surface area contributed by atoms with Gasteiger partial charge in [0, 0.05) is 17.1 Å². The van der Waals surface area contributed by atoms with Crippen molar-refractivity contribution in [3.05, 3.63) is 34.5 Å². The van der Waals surface area contributed by atoms with Gasteiger partial charge in [-0.2, -0.15) is 8.78 Å². The highest BCUT2D eigenvalue weighted by Crippen LogP contribution is 2.35. The highest BCUT2D eigenvalue weighted by atomic mass is 35.5. The molecule has 0 unspecified atom stereocenters. The summed E-state index contributed by atoms with van der Waals surface area (Å²) in [6.07, 6.45) is 1.68. The number of benzene rings is 1. The summed E-state index contributed by atoms with van der Waals surface area (Å²) in [5, 5.41) is 0.983. The lowest BCUT2D eigenvalue weighted by Gasteiger charge is -2.12. The summed E-state index contributed by atoms with van der Waals surface area (Å²) in [5.74, 6) is -0.00878. The van der Waals surface area contributed by atoms with E-state index in [2.05, 4.69) is 9.72 Å². The number of hydrogen-bond acceptors (Lipinski definition) is 2. The molecule has 0 atom stereocenters. The molecule has 2 aromatic rings. The van der Waals surface area contributed by atoms with E-state index >= 15 is 0 Å². The van der Waals surface area contributed by atoms with Gasteiger partial charge in [0.2, 0.25) is 0 Å². The number of rotatable bonds is 2. The first-order valence-corrected chi connectivity index (χ1v) is 5.37. The Morgan fingerprint density at radius 1 is 1.29 bits per heavy atom. The molecule has 17 heavy (non-hydrogen) atoms. The highest BCUT2D eigenvalue weighted by molar-refractivity contribution is 6.33. The van der Waals surface area contributed by atoms with Crippen LogP contribution in [0.15, 0.2) is 18.3 Å². The van der Waals surface area contributed by atoms with E-state index in [4.69, 9.17) is 11.6 Å². The van der Waals surface area contributed by atoms with Gasteiger partial charge < -0.3 is 4.74 Å². The van der Waals surface area contributed by atoms with Crippen LogP contribution in [0.5, 0.6) is 5.75 Å². The van der Waals surface area contributed by atoms with Gasteiger partial charge in [0.15, 0.2) is 0 Å². The number of alkyl halides is 2. The number of nitrogens with zero attached hydrogens (tertiary/aromatic N) is 1. The van der Waals surface area contributed by atoms with Crippen LogP contribution in [-0.4, -0.2) is 11.6 Å². The van der Waals surface area contributed by atoms with E-state index in [1.54, 1.807) is 19.2 Å². The van der Waals surface area contributed by atoms with Gasteiger partial charge in [0.25, 0.3) is 0 Å². The fourth-order valence-electron chi connectivity index (χ4n) is 1.74. The van der Waals surface area contributed by atoms with Crippen LogP contribution in [0.4, 0.5) is 8.78 Å². The Morgan fingerprint density at radius 2 is 2.00 bits per heavy atom. The second kappa shape index (κ2) is 4.45. The van der Waals surface area contributed by atoms with Gasteiger partial charge >= 0.3 is 6.61 Å². The first kappa shape index (κ1) is 12.0. The van der Waals surface area contributed by atoms with E-state index in [0.717, 1.165) is 10.9 Å². The number of fused-ring (bicyclic) bond motifs is 1. The largest absolute Gasteiger partial charge is 0.433 e. The molecule has 1 aromatic carbocycles. The molecular formula is C12H10ClF2NO. The van der Waals surface area contributed by atoms with Crippen LogP contribution in [0.2, 0.25) is 5.02 Å². The molecule has 0 bridgehead atoms. The van der Waals surface area contributed by atoms with Gasteiger partial charge in [-0.1, -0.05) is 11.6 Å². The lowest BCUT2D eigenvalue weighted by Crippen LogP contribution is -2.04. The van der Waals surface area contributed by atoms with Crippen molar-refractivity contribution in [2.24, 2.45) is 0 Å². The predicted octanol–water partition coefficient (Wildman–Crippen LogP) is 4.11. The first-order valence-electron chi connectivity index (χ1n) is 4.99. The molecular weight excluding hydrogens is 248 g/mol. The molecule has 0 saturated heterocycles. The minimum absolute atomic E-state index is 0.00878. The fourth-order valence-corrected chi connectivity index (χ4v) is 2.04. The Kier molecular flexibility index (Phi) is 3.15. The summed E-state index contributed by atoms with van der Waals surface area (Å²) < 4.78 is 28.9. The zero-order valence-electron chi connectivity index (χ0n) is 9.30. The smallest absolute Gasteiger partial charge is 0.387 e. The minimum Gasteiger partial charge on any atom is -0.433 e. The van der Waals surface area contributed by atoms with E-state index in [9.17, 15) is 8.78 Å². The summed E-state index contributed by atoms with van der Waals surface area (Å²) in [5.41, 5.74) is 2.12. The molecule has 2 rings (SSSR count). The molecule has 90 valence electrons. The number of ether oxygens (including phenoxy) is 1. The zero-order chi connectivity index (χ0) is 12.6. The Labute approximate surface area is 102 Å². The standard InChI is InChI=1S/C12H10ClF2NO/c1-6-3-8-4-9(13)11(17-12(14)15)7(2)10(8)16-5-6/h3-5,12H,1-2H3. The van der Waals surface area contributed by atoms with Gasteiger partial charge in [0.1, 0.15) is 5.75 Å². The van der Waals surface area contributed by atoms with Crippen molar-refractivity contribution in [3.63, 3.8) is 0 Å². The van der Waals surface area contributed by atoms with Crippen LogP contribution < -0.4 is 4.74 Å². The molecule has 2 nitrogen and oxygen atoms in total. The molecule has 0 amide bonds. The number of pyridine rings is 1. The van der Waals surface area contributed by atoms with Crippen molar-refractivity contribution in [3.8, 4) is 5.75 Å². The monoisotopic (exact) mass is 257 g/mol. The van der Waals surface area contributed by atoms with Gasteiger partial charge in [-0.3, -0.25) is 4.98 Å². The number of aryl methyl sites for hydroxylation is 2. The third-order valence-electron chi connectivity index (χ3n) is 2.46. The Hall–Kier alpha value is -1.42. The quantitative estimate of drug-likeness (QED) is 0.808. The summed E-state index contributed by atoms with van der Waals surface area (Å²) in [4.78, 5) is 4.21. The molecule has 0 N–H and O–H groups in total. The fraction of sp³-hybridized carbons (Fsp3) is 0.250. The van der Waals surface area contributed by atoms with Crippen LogP contribution >= 0.6 is 11.6 Å². The van der Waals surface area contributed by atoms with E-state index in [1.165, 1.54) is 0 Å². The predicted molar refractivity (Wildman–Crippen MR) is 62.9 cm³/mol. The molecule has 0 spiro atoms. The topological polar surface area (TPSA) is 22.1 Å². The second-order valence-electron chi connectivity index (χ2n) is 3.78.